The van der Waals surface area contributed by atoms with Crippen molar-refractivity contribution < 1.29 is 9.13 Å². The van der Waals surface area contributed by atoms with Gasteiger partial charge in [0.1, 0.15) is 5.82 Å². The van der Waals surface area contributed by atoms with Crippen molar-refractivity contribution >= 4 is 29.9 Å². The van der Waals surface area contributed by atoms with Crippen molar-refractivity contribution in [3.05, 3.63) is 71.0 Å². The van der Waals surface area contributed by atoms with E-state index in [2.05, 4.69) is 27.8 Å². The Balaban J connectivity index is 0.00000364. The van der Waals surface area contributed by atoms with Crippen LogP contribution in [0.4, 0.5) is 4.39 Å². The van der Waals surface area contributed by atoms with E-state index in [1.807, 2.05) is 32.0 Å². The van der Waals surface area contributed by atoms with E-state index in [0.717, 1.165) is 35.6 Å². The fourth-order valence-electron chi connectivity index (χ4n) is 2.59. The van der Waals surface area contributed by atoms with Gasteiger partial charge in [0, 0.05) is 19.7 Å². The Kier molecular flexibility index (Phi) is 11.7. The van der Waals surface area contributed by atoms with Gasteiger partial charge in [0.05, 0.1) is 13.2 Å². The molecule has 6 heteroatoms. The molecule has 2 aromatic rings. The summed E-state index contributed by atoms with van der Waals surface area (Å²) in [6.07, 6.45) is 0.739. The number of nitrogens with zero attached hydrogens (tertiary/aromatic N) is 1. The Labute approximate surface area is 178 Å². The predicted molar refractivity (Wildman–Crippen MR) is 120 cm³/mol. The number of halogens is 2. The highest BCUT2D eigenvalue weighted by Gasteiger charge is 2.03. The lowest BCUT2D eigenvalue weighted by atomic mass is 10.1. The molecule has 4 nitrogen and oxygen atoms in total. The zero-order valence-corrected chi connectivity index (χ0v) is 18.3. The molecule has 0 amide bonds. The SMILES string of the molecule is CCNC(=NCc1ccccc1COCC)NCCc1cccc(F)c1.I. The first-order chi connectivity index (χ1) is 12.7. The van der Waals surface area contributed by atoms with Gasteiger partial charge in [0.2, 0.25) is 0 Å². The second-order valence-corrected chi connectivity index (χ2v) is 5.91. The van der Waals surface area contributed by atoms with Crippen LogP contribution in [0.15, 0.2) is 53.5 Å². The maximum atomic E-state index is 13.2. The van der Waals surface area contributed by atoms with Crippen LogP contribution in [-0.2, 0) is 24.3 Å². The van der Waals surface area contributed by atoms with Crippen molar-refractivity contribution in [2.24, 2.45) is 4.99 Å². The number of nitrogens with one attached hydrogen (secondary N) is 2. The first kappa shape index (κ1) is 23.4. The van der Waals surface area contributed by atoms with Crippen LogP contribution in [0.3, 0.4) is 0 Å². The lowest BCUT2D eigenvalue weighted by Gasteiger charge is -2.12. The number of benzene rings is 2. The Hall–Kier alpha value is -1.67. The molecule has 0 fully saturated rings. The van der Waals surface area contributed by atoms with Crippen molar-refractivity contribution in [3.63, 3.8) is 0 Å². The summed E-state index contributed by atoms with van der Waals surface area (Å²) >= 11 is 0. The molecule has 2 N–H and O–H groups in total. The van der Waals surface area contributed by atoms with Gasteiger partial charge in [0.25, 0.3) is 0 Å². The summed E-state index contributed by atoms with van der Waals surface area (Å²) < 4.78 is 18.8. The molecule has 0 aliphatic heterocycles. The van der Waals surface area contributed by atoms with Gasteiger partial charge in [-0.05, 0) is 49.1 Å². The van der Waals surface area contributed by atoms with Crippen LogP contribution < -0.4 is 10.6 Å². The highest BCUT2D eigenvalue weighted by molar-refractivity contribution is 14.0. The highest BCUT2D eigenvalue weighted by atomic mass is 127. The molecule has 0 saturated carbocycles. The van der Waals surface area contributed by atoms with E-state index >= 15 is 0 Å². The third kappa shape index (κ3) is 8.71. The van der Waals surface area contributed by atoms with Crippen LogP contribution in [0.2, 0.25) is 0 Å². The third-order valence-electron chi connectivity index (χ3n) is 3.93. The van der Waals surface area contributed by atoms with Crippen LogP contribution in [0.5, 0.6) is 0 Å². The first-order valence-corrected chi connectivity index (χ1v) is 9.14. The smallest absolute Gasteiger partial charge is 0.191 e. The molecule has 0 aromatic heterocycles. The zero-order chi connectivity index (χ0) is 18.6. The van der Waals surface area contributed by atoms with E-state index < -0.39 is 0 Å². The zero-order valence-electron chi connectivity index (χ0n) is 16.0. The van der Waals surface area contributed by atoms with Gasteiger partial charge in [-0.25, -0.2) is 9.38 Å². The summed E-state index contributed by atoms with van der Waals surface area (Å²) in [5, 5.41) is 6.55. The van der Waals surface area contributed by atoms with Gasteiger partial charge in [-0.15, -0.1) is 24.0 Å². The summed E-state index contributed by atoms with van der Waals surface area (Å²) in [5.74, 6) is 0.559. The molecule has 0 aliphatic carbocycles. The Morgan fingerprint density at radius 2 is 1.81 bits per heavy atom. The molecule has 148 valence electrons. The molecule has 2 rings (SSSR count). The monoisotopic (exact) mass is 485 g/mol. The number of hydrogen-bond donors (Lipinski definition) is 2. The lowest BCUT2D eigenvalue weighted by molar-refractivity contribution is 0.133. The van der Waals surface area contributed by atoms with Crippen molar-refractivity contribution in [3.8, 4) is 0 Å². The average Bonchev–Trinajstić information content (AvgIpc) is 2.65. The second-order valence-electron chi connectivity index (χ2n) is 5.91. The summed E-state index contributed by atoms with van der Waals surface area (Å²) in [6.45, 7) is 7.38. The molecule has 0 heterocycles. The maximum Gasteiger partial charge on any atom is 0.191 e. The van der Waals surface area contributed by atoms with Gasteiger partial charge in [-0.2, -0.15) is 0 Å². The lowest BCUT2D eigenvalue weighted by Crippen LogP contribution is -2.38. The molecule has 0 bridgehead atoms. The Bertz CT molecular complexity index is 709. The van der Waals surface area contributed by atoms with Crippen molar-refractivity contribution in [2.45, 2.75) is 33.4 Å². The fraction of sp³-hybridized carbons (Fsp3) is 0.381. The summed E-state index contributed by atoms with van der Waals surface area (Å²) in [4.78, 5) is 4.67. The molecule has 0 unspecified atom stereocenters. The minimum Gasteiger partial charge on any atom is -0.377 e. The minimum absolute atomic E-state index is 0. The van der Waals surface area contributed by atoms with E-state index in [-0.39, 0.29) is 29.8 Å². The van der Waals surface area contributed by atoms with Gasteiger partial charge < -0.3 is 15.4 Å². The molecule has 27 heavy (non-hydrogen) atoms. The van der Waals surface area contributed by atoms with E-state index in [1.54, 1.807) is 12.1 Å². The quantitative estimate of drug-likeness (QED) is 0.317. The number of guanidine groups is 1. The third-order valence-corrected chi connectivity index (χ3v) is 3.93. The maximum absolute atomic E-state index is 13.2. The van der Waals surface area contributed by atoms with E-state index in [0.29, 0.717) is 26.3 Å². The number of aliphatic imine (C=N–C) groups is 1. The molecular formula is C21H29FIN3O. The summed E-state index contributed by atoms with van der Waals surface area (Å²) in [5.41, 5.74) is 3.28. The first-order valence-electron chi connectivity index (χ1n) is 9.14. The Morgan fingerprint density at radius 1 is 1.04 bits per heavy atom. The molecule has 0 atom stereocenters. The van der Waals surface area contributed by atoms with Crippen LogP contribution in [0, 0.1) is 5.82 Å². The van der Waals surface area contributed by atoms with Gasteiger partial charge in [0.15, 0.2) is 5.96 Å². The fourth-order valence-corrected chi connectivity index (χ4v) is 2.59. The van der Waals surface area contributed by atoms with E-state index in [4.69, 9.17) is 4.74 Å². The van der Waals surface area contributed by atoms with E-state index in [9.17, 15) is 4.39 Å². The summed E-state index contributed by atoms with van der Waals surface area (Å²) in [7, 11) is 0. The normalized spacial score (nSPS) is 11.0. The molecule has 2 aromatic carbocycles. The second kappa shape index (κ2) is 13.5. The minimum atomic E-state index is -0.200. The number of rotatable bonds is 9. The average molecular weight is 485 g/mol. The molecular weight excluding hydrogens is 456 g/mol. The summed E-state index contributed by atoms with van der Waals surface area (Å²) in [6, 6.07) is 14.9. The predicted octanol–water partition coefficient (Wildman–Crippen LogP) is 4.28. The van der Waals surface area contributed by atoms with Crippen molar-refractivity contribution in [1.29, 1.82) is 0 Å². The standard InChI is InChI=1S/C21H28FN3O.HI/c1-3-23-21(24-13-12-17-8-7-11-20(22)14-17)25-15-18-9-5-6-10-19(18)16-26-4-2;/h5-11,14H,3-4,12-13,15-16H2,1-2H3,(H2,23,24,25);1H. The molecule has 0 saturated heterocycles. The van der Waals surface area contributed by atoms with E-state index in [1.165, 1.54) is 6.07 Å². The van der Waals surface area contributed by atoms with Crippen LogP contribution in [0.1, 0.15) is 30.5 Å². The number of hydrogen-bond acceptors (Lipinski definition) is 2. The van der Waals surface area contributed by atoms with Crippen LogP contribution in [-0.4, -0.2) is 25.7 Å². The van der Waals surface area contributed by atoms with Crippen LogP contribution in [0.25, 0.3) is 0 Å². The van der Waals surface area contributed by atoms with Gasteiger partial charge >= 0.3 is 0 Å². The van der Waals surface area contributed by atoms with Crippen molar-refractivity contribution in [2.75, 3.05) is 19.7 Å². The topological polar surface area (TPSA) is 45.7 Å². The molecule has 0 spiro atoms. The van der Waals surface area contributed by atoms with Gasteiger partial charge in [-0.1, -0.05) is 36.4 Å². The van der Waals surface area contributed by atoms with Gasteiger partial charge in [-0.3, -0.25) is 0 Å². The molecule has 0 aliphatic rings. The molecule has 0 radical (unpaired) electrons. The largest absolute Gasteiger partial charge is 0.377 e. The van der Waals surface area contributed by atoms with Crippen molar-refractivity contribution in [1.82, 2.24) is 10.6 Å². The number of ether oxygens (including phenoxy) is 1. The Morgan fingerprint density at radius 3 is 2.52 bits per heavy atom. The highest BCUT2D eigenvalue weighted by Crippen LogP contribution is 2.11. The van der Waals surface area contributed by atoms with Crippen LogP contribution >= 0.6 is 24.0 Å².